The maximum absolute atomic E-state index is 13.3. The lowest BCUT2D eigenvalue weighted by Crippen LogP contribution is -2.33. The van der Waals surface area contributed by atoms with E-state index in [4.69, 9.17) is 14.2 Å². The van der Waals surface area contributed by atoms with E-state index >= 15 is 0 Å². The minimum absolute atomic E-state index is 0.348. The van der Waals surface area contributed by atoms with Gasteiger partial charge in [-0.2, -0.15) is 0 Å². The van der Waals surface area contributed by atoms with Crippen molar-refractivity contribution in [2.24, 2.45) is 0 Å². The molecule has 1 unspecified atom stereocenters. The molecule has 0 saturated carbocycles. The van der Waals surface area contributed by atoms with Gasteiger partial charge in [0, 0.05) is 53.3 Å². The number of esters is 1. The van der Waals surface area contributed by atoms with Crippen molar-refractivity contribution in [1.29, 1.82) is 0 Å². The van der Waals surface area contributed by atoms with Gasteiger partial charge in [-0.3, -0.25) is 0 Å². The Morgan fingerprint density at radius 3 is 2.32 bits per heavy atom. The van der Waals surface area contributed by atoms with Crippen molar-refractivity contribution >= 4 is 23.0 Å². The molecule has 0 amide bonds. The molecule has 2 aliphatic heterocycles. The van der Waals surface area contributed by atoms with Gasteiger partial charge < -0.3 is 24.4 Å². The van der Waals surface area contributed by atoms with E-state index in [1.54, 1.807) is 0 Å². The number of fused-ring (bicyclic) bond motifs is 6. The van der Waals surface area contributed by atoms with Crippen LogP contribution >= 0.6 is 0 Å². The fraction of sp³-hybridized carbons (Fsp3) is 0.219. The fourth-order valence-corrected chi connectivity index (χ4v) is 5.52. The maximum Gasteiger partial charge on any atom is 0.340 e. The van der Waals surface area contributed by atoms with E-state index in [1.165, 1.54) is 0 Å². The summed E-state index contributed by atoms with van der Waals surface area (Å²) < 4.78 is 19.0. The quantitative estimate of drug-likeness (QED) is 0.267. The third-order valence-electron chi connectivity index (χ3n) is 7.28. The van der Waals surface area contributed by atoms with Gasteiger partial charge in [0.05, 0.1) is 17.9 Å². The van der Waals surface area contributed by atoms with Gasteiger partial charge in [0.15, 0.2) is 5.60 Å². The van der Waals surface area contributed by atoms with E-state index < -0.39 is 5.60 Å². The van der Waals surface area contributed by atoms with Crippen LogP contribution in [-0.2, 0) is 10.3 Å². The Morgan fingerprint density at radius 1 is 0.816 bits per heavy atom. The van der Waals surface area contributed by atoms with Crippen molar-refractivity contribution in [3.05, 3.63) is 107 Å². The second-order valence-electron chi connectivity index (χ2n) is 9.34. The molecule has 192 valence electrons. The first-order valence-electron chi connectivity index (χ1n) is 13.1. The number of rotatable bonds is 7. The molecule has 0 radical (unpaired) electrons. The fourth-order valence-electron chi connectivity index (χ4n) is 5.52. The zero-order chi connectivity index (χ0) is 26.3. The van der Waals surface area contributed by atoms with Crippen LogP contribution in [0.25, 0.3) is 0 Å². The number of hydrogen-bond acceptors (Lipinski definition) is 6. The molecular weight excluding hydrogens is 476 g/mol. The standard InChI is InChI=1S/C32H30N2O4/c1-4-34(5-2)22-16-17-25-28(18-22)37-29-20-30(36-6-3)27(33-21-12-8-7-9-13-21)19-26(29)32(25)24-15-11-10-14-23(24)31(35)38-32/h7-20,33H,4-6H2,1-3H3. The molecule has 4 aromatic carbocycles. The summed E-state index contributed by atoms with van der Waals surface area (Å²) in [5.41, 5.74) is 4.52. The van der Waals surface area contributed by atoms with Crippen molar-refractivity contribution in [3.63, 3.8) is 0 Å². The van der Waals surface area contributed by atoms with Crippen LogP contribution in [0.2, 0.25) is 0 Å². The molecule has 6 nitrogen and oxygen atoms in total. The number of benzene rings is 4. The average molecular weight is 507 g/mol. The lowest BCUT2D eigenvalue weighted by Gasteiger charge is -2.37. The molecule has 0 saturated heterocycles. The number of ether oxygens (including phenoxy) is 3. The molecule has 1 spiro atoms. The smallest absolute Gasteiger partial charge is 0.340 e. The zero-order valence-corrected chi connectivity index (χ0v) is 21.8. The number of anilines is 3. The maximum atomic E-state index is 13.3. The first-order valence-corrected chi connectivity index (χ1v) is 13.1. The van der Waals surface area contributed by atoms with Crippen LogP contribution < -0.4 is 19.7 Å². The number of para-hydroxylation sites is 1. The van der Waals surface area contributed by atoms with Crippen LogP contribution in [0.15, 0.2) is 84.9 Å². The van der Waals surface area contributed by atoms with Crippen molar-refractivity contribution in [2.45, 2.75) is 26.4 Å². The van der Waals surface area contributed by atoms with E-state index in [0.29, 0.717) is 29.4 Å². The predicted octanol–water partition coefficient (Wildman–Crippen LogP) is 7.24. The molecule has 1 atom stereocenters. The van der Waals surface area contributed by atoms with Crippen LogP contribution in [0.4, 0.5) is 17.1 Å². The monoisotopic (exact) mass is 506 g/mol. The Labute approximate surface area is 222 Å². The van der Waals surface area contributed by atoms with Crippen LogP contribution in [0.5, 0.6) is 17.2 Å². The highest BCUT2D eigenvalue weighted by Crippen LogP contribution is 2.58. The summed E-state index contributed by atoms with van der Waals surface area (Å²) in [6.45, 7) is 8.45. The summed E-state index contributed by atoms with van der Waals surface area (Å²) in [7, 11) is 0. The molecule has 0 aromatic heterocycles. The molecule has 4 aromatic rings. The highest BCUT2D eigenvalue weighted by Gasteiger charge is 2.53. The van der Waals surface area contributed by atoms with Crippen LogP contribution in [0.3, 0.4) is 0 Å². The van der Waals surface area contributed by atoms with E-state index in [2.05, 4.69) is 30.1 Å². The zero-order valence-electron chi connectivity index (χ0n) is 21.8. The van der Waals surface area contributed by atoms with Crippen molar-refractivity contribution < 1.29 is 19.0 Å². The molecule has 38 heavy (non-hydrogen) atoms. The Balaban J connectivity index is 1.60. The molecule has 0 fully saturated rings. The molecule has 2 heterocycles. The normalized spacial score (nSPS) is 16.7. The van der Waals surface area contributed by atoms with Gasteiger partial charge in [-0.15, -0.1) is 0 Å². The van der Waals surface area contributed by atoms with Gasteiger partial charge in [-0.05, 0) is 57.2 Å². The second kappa shape index (κ2) is 9.45. The summed E-state index contributed by atoms with van der Waals surface area (Å²) in [6, 6.07) is 27.6. The first kappa shape index (κ1) is 23.9. The van der Waals surface area contributed by atoms with Gasteiger partial charge in [-0.1, -0.05) is 36.4 Å². The molecular formula is C32H30N2O4. The second-order valence-corrected chi connectivity index (χ2v) is 9.34. The number of nitrogens with zero attached hydrogens (tertiary/aromatic N) is 1. The minimum Gasteiger partial charge on any atom is -0.492 e. The van der Waals surface area contributed by atoms with E-state index in [0.717, 1.165) is 46.8 Å². The minimum atomic E-state index is -1.14. The molecule has 2 aliphatic rings. The Morgan fingerprint density at radius 2 is 1.55 bits per heavy atom. The Hall–Kier alpha value is -4.45. The summed E-state index contributed by atoms with van der Waals surface area (Å²) in [5.74, 6) is 1.57. The van der Waals surface area contributed by atoms with Crippen molar-refractivity contribution in [2.75, 3.05) is 29.9 Å². The van der Waals surface area contributed by atoms with Gasteiger partial charge in [0.1, 0.15) is 17.2 Å². The van der Waals surface area contributed by atoms with Crippen molar-refractivity contribution in [1.82, 2.24) is 0 Å². The summed E-state index contributed by atoms with van der Waals surface area (Å²) in [6.07, 6.45) is 0. The first-order chi connectivity index (χ1) is 18.6. The van der Waals surface area contributed by atoms with Gasteiger partial charge in [0.25, 0.3) is 0 Å². The molecule has 0 bridgehead atoms. The third kappa shape index (κ3) is 3.67. The lowest BCUT2D eigenvalue weighted by molar-refractivity contribution is 0.0224. The average Bonchev–Trinajstić information content (AvgIpc) is 3.24. The Kier molecular flexibility index (Phi) is 5.95. The van der Waals surface area contributed by atoms with Crippen LogP contribution in [0.1, 0.15) is 47.8 Å². The molecule has 6 rings (SSSR count). The topological polar surface area (TPSA) is 60.0 Å². The number of hydrogen-bond donors (Lipinski definition) is 1. The lowest BCUT2D eigenvalue weighted by atomic mass is 9.77. The SMILES string of the molecule is CCOc1cc2c(cc1Nc1ccccc1)C1(OC(=O)c3ccccc31)c1ccc(N(CC)CC)cc1O2. The predicted molar refractivity (Wildman–Crippen MR) is 149 cm³/mol. The van der Waals surface area contributed by atoms with Gasteiger partial charge >= 0.3 is 5.97 Å². The number of nitrogens with one attached hydrogen (secondary N) is 1. The molecule has 6 heteroatoms. The number of carbonyl (C=O) groups is 1. The van der Waals surface area contributed by atoms with E-state index in [9.17, 15) is 4.79 Å². The summed E-state index contributed by atoms with van der Waals surface area (Å²) >= 11 is 0. The third-order valence-corrected chi connectivity index (χ3v) is 7.28. The van der Waals surface area contributed by atoms with Crippen molar-refractivity contribution in [3.8, 4) is 17.2 Å². The summed E-state index contributed by atoms with van der Waals surface area (Å²) in [4.78, 5) is 15.5. The van der Waals surface area contributed by atoms with Crippen LogP contribution in [-0.4, -0.2) is 25.7 Å². The molecule has 1 N–H and O–H groups in total. The largest absolute Gasteiger partial charge is 0.492 e. The van der Waals surface area contributed by atoms with E-state index in [1.807, 2.05) is 85.8 Å². The summed E-state index contributed by atoms with van der Waals surface area (Å²) in [5, 5.41) is 3.48. The Bertz CT molecular complexity index is 1510. The van der Waals surface area contributed by atoms with E-state index in [-0.39, 0.29) is 5.97 Å². The molecule has 0 aliphatic carbocycles. The highest BCUT2D eigenvalue weighted by molar-refractivity contribution is 5.97. The number of carbonyl (C=O) groups excluding carboxylic acids is 1. The van der Waals surface area contributed by atoms with Gasteiger partial charge in [0.2, 0.25) is 0 Å². The van der Waals surface area contributed by atoms with Gasteiger partial charge in [-0.25, -0.2) is 4.79 Å². The highest BCUT2D eigenvalue weighted by atomic mass is 16.6. The van der Waals surface area contributed by atoms with Crippen LogP contribution in [0, 0.1) is 0 Å².